The molecule has 0 radical (unpaired) electrons. The number of rotatable bonds is 4. The minimum Gasteiger partial charge on any atom is -0.293 e. The van der Waals surface area contributed by atoms with Gasteiger partial charge in [-0.1, -0.05) is 37.3 Å². The monoisotopic (exact) mass is 270 g/mol. The zero-order valence-corrected chi connectivity index (χ0v) is 11.9. The van der Waals surface area contributed by atoms with E-state index in [2.05, 4.69) is 20.5 Å². The summed E-state index contributed by atoms with van der Waals surface area (Å²) >= 11 is 0. The molecule has 104 valence electrons. The van der Waals surface area contributed by atoms with Crippen LogP contribution < -0.4 is 5.32 Å². The van der Waals surface area contributed by atoms with Crippen molar-refractivity contribution >= 4 is 11.9 Å². The summed E-state index contributed by atoms with van der Waals surface area (Å²) in [6.45, 7) is 5.66. The van der Waals surface area contributed by atoms with E-state index in [1.54, 1.807) is 0 Å². The van der Waals surface area contributed by atoms with Gasteiger partial charge in [-0.05, 0) is 25.8 Å². The third kappa shape index (κ3) is 3.17. The van der Waals surface area contributed by atoms with Crippen molar-refractivity contribution in [3.63, 3.8) is 0 Å². The fourth-order valence-electron chi connectivity index (χ4n) is 1.96. The lowest BCUT2D eigenvalue weighted by Gasteiger charge is -2.14. The molecule has 1 heterocycles. The van der Waals surface area contributed by atoms with Crippen molar-refractivity contribution in [2.45, 2.75) is 33.1 Å². The van der Waals surface area contributed by atoms with E-state index in [9.17, 15) is 4.79 Å². The summed E-state index contributed by atoms with van der Waals surface area (Å²) < 4.78 is 0. The number of carbonyl (C=O) groups is 1. The van der Waals surface area contributed by atoms with Crippen LogP contribution in [-0.2, 0) is 4.79 Å². The van der Waals surface area contributed by atoms with Gasteiger partial charge in [-0.25, -0.2) is 4.98 Å². The highest BCUT2D eigenvalue weighted by molar-refractivity contribution is 5.94. The van der Waals surface area contributed by atoms with E-state index < -0.39 is 0 Å². The SMILES string of the molecule is CCC(C(=O)Nc1nnc(C)c(C)n1)c1ccccc1. The van der Waals surface area contributed by atoms with Crippen molar-refractivity contribution in [1.29, 1.82) is 0 Å². The summed E-state index contributed by atoms with van der Waals surface area (Å²) in [6, 6.07) is 9.70. The average molecular weight is 270 g/mol. The summed E-state index contributed by atoms with van der Waals surface area (Å²) in [5.74, 6) is -0.0577. The van der Waals surface area contributed by atoms with Crippen LogP contribution in [0, 0.1) is 13.8 Å². The van der Waals surface area contributed by atoms with Gasteiger partial charge < -0.3 is 0 Å². The molecule has 0 aliphatic carbocycles. The van der Waals surface area contributed by atoms with Gasteiger partial charge in [0.15, 0.2) is 0 Å². The topological polar surface area (TPSA) is 67.8 Å². The first kappa shape index (κ1) is 14.1. The molecule has 1 aromatic carbocycles. The Kier molecular flexibility index (Phi) is 4.40. The van der Waals surface area contributed by atoms with Crippen molar-refractivity contribution in [1.82, 2.24) is 15.2 Å². The van der Waals surface area contributed by atoms with Crippen LogP contribution in [0.25, 0.3) is 0 Å². The van der Waals surface area contributed by atoms with Gasteiger partial charge in [0.2, 0.25) is 11.9 Å². The van der Waals surface area contributed by atoms with Crippen LogP contribution in [0.1, 0.15) is 36.2 Å². The minimum absolute atomic E-state index is 0.108. The first-order valence-electron chi connectivity index (χ1n) is 6.65. The Morgan fingerprint density at radius 1 is 1.15 bits per heavy atom. The number of nitrogens with zero attached hydrogens (tertiary/aromatic N) is 3. The summed E-state index contributed by atoms with van der Waals surface area (Å²) in [6.07, 6.45) is 0.716. The highest BCUT2D eigenvalue weighted by Gasteiger charge is 2.19. The Balaban J connectivity index is 2.15. The van der Waals surface area contributed by atoms with Gasteiger partial charge in [0, 0.05) is 0 Å². The maximum absolute atomic E-state index is 12.3. The summed E-state index contributed by atoms with van der Waals surface area (Å²) in [4.78, 5) is 16.5. The smallest absolute Gasteiger partial charge is 0.249 e. The number of nitrogens with one attached hydrogen (secondary N) is 1. The molecule has 5 nitrogen and oxygen atoms in total. The van der Waals surface area contributed by atoms with Crippen molar-refractivity contribution < 1.29 is 4.79 Å². The van der Waals surface area contributed by atoms with Gasteiger partial charge in [-0.3, -0.25) is 10.1 Å². The van der Waals surface area contributed by atoms with Gasteiger partial charge in [0.25, 0.3) is 0 Å². The van der Waals surface area contributed by atoms with Gasteiger partial charge in [-0.15, -0.1) is 5.10 Å². The molecule has 2 aromatic rings. The molecule has 5 heteroatoms. The Hall–Kier alpha value is -2.30. The van der Waals surface area contributed by atoms with E-state index in [-0.39, 0.29) is 17.8 Å². The Morgan fingerprint density at radius 2 is 1.85 bits per heavy atom. The Bertz CT molecular complexity index is 598. The van der Waals surface area contributed by atoms with E-state index >= 15 is 0 Å². The molecule has 1 aromatic heterocycles. The fraction of sp³-hybridized carbons (Fsp3) is 0.333. The molecule has 0 fully saturated rings. The van der Waals surface area contributed by atoms with Crippen LogP contribution in [0.2, 0.25) is 0 Å². The van der Waals surface area contributed by atoms with E-state index in [1.165, 1.54) is 0 Å². The lowest BCUT2D eigenvalue weighted by molar-refractivity contribution is -0.117. The number of hydrogen-bond acceptors (Lipinski definition) is 4. The first-order valence-corrected chi connectivity index (χ1v) is 6.65. The molecule has 0 spiro atoms. The summed E-state index contributed by atoms with van der Waals surface area (Å²) in [5.41, 5.74) is 2.52. The Morgan fingerprint density at radius 3 is 2.45 bits per heavy atom. The second-order valence-electron chi connectivity index (χ2n) is 4.67. The highest BCUT2D eigenvalue weighted by atomic mass is 16.2. The molecular formula is C15H18N4O. The fourth-order valence-corrected chi connectivity index (χ4v) is 1.96. The number of hydrogen-bond donors (Lipinski definition) is 1. The molecule has 1 atom stereocenters. The van der Waals surface area contributed by atoms with Crippen LogP contribution in [-0.4, -0.2) is 21.1 Å². The van der Waals surface area contributed by atoms with Crippen molar-refractivity contribution in [2.75, 3.05) is 5.32 Å². The van der Waals surface area contributed by atoms with Gasteiger partial charge in [0.05, 0.1) is 17.3 Å². The lowest BCUT2D eigenvalue weighted by atomic mass is 9.96. The van der Waals surface area contributed by atoms with E-state index in [0.717, 1.165) is 17.0 Å². The second kappa shape index (κ2) is 6.23. The molecule has 0 aliphatic rings. The number of benzene rings is 1. The first-order chi connectivity index (χ1) is 9.61. The maximum Gasteiger partial charge on any atom is 0.249 e. The van der Waals surface area contributed by atoms with Crippen molar-refractivity contribution in [3.8, 4) is 0 Å². The summed E-state index contributed by atoms with van der Waals surface area (Å²) in [5, 5.41) is 10.6. The minimum atomic E-state index is -0.207. The number of anilines is 1. The van der Waals surface area contributed by atoms with Crippen LogP contribution >= 0.6 is 0 Å². The molecule has 2 rings (SSSR count). The zero-order chi connectivity index (χ0) is 14.5. The van der Waals surface area contributed by atoms with E-state index in [1.807, 2.05) is 51.1 Å². The van der Waals surface area contributed by atoms with Gasteiger partial charge >= 0.3 is 0 Å². The van der Waals surface area contributed by atoms with E-state index in [4.69, 9.17) is 0 Å². The second-order valence-corrected chi connectivity index (χ2v) is 4.67. The number of aromatic nitrogens is 3. The standard InChI is InChI=1S/C15H18N4O/c1-4-13(12-8-6-5-7-9-12)14(20)17-15-16-10(2)11(3)18-19-15/h5-9,13H,4H2,1-3H3,(H,16,17,19,20). The third-order valence-electron chi connectivity index (χ3n) is 3.25. The maximum atomic E-state index is 12.3. The zero-order valence-electron chi connectivity index (χ0n) is 11.9. The van der Waals surface area contributed by atoms with Crippen molar-refractivity contribution in [2.24, 2.45) is 0 Å². The van der Waals surface area contributed by atoms with Crippen LogP contribution in [0.4, 0.5) is 5.95 Å². The van der Waals surface area contributed by atoms with Gasteiger partial charge in [0.1, 0.15) is 0 Å². The Labute approximate surface area is 118 Å². The van der Waals surface area contributed by atoms with Crippen molar-refractivity contribution in [3.05, 3.63) is 47.3 Å². The molecule has 1 amide bonds. The quantitative estimate of drug-likeness (QED) is 0.927. The van der Waals surface area contributed by atoms with E-state index in [0.29, 0.717) is 6.42 Å². The predicted molar refractivity (Wildman–Crippen MR) is 77.4 cm³/mol. The number of carbonyl (C=O) groups excluding carboxylic acids is 1. The number of amides is 1. The molecular weight excluding hydrogens is 252 g/mol. The van der Waals surface area contributed by atoms with Crippen LogP contribution in [0.15, 0.2) is 30.3 Å². The summed E-state index contributed by atoms with van der Waals surface area (Å²) in [7, 11) is 0. The largest absolute Gasteiger partial charge is 0.293 e. The molecule has 0 aliphatic heterocycles. The predicted octanol–water partition coefficient (Wildman–Crippen LogP) is 2.62. The molecule has 0 saturated carbocycles. The average Bonchev–Trinajstić information content (AvgIpc) is 2.45. The highest BCUT2D eigenvalue weighted by Crippen LogP contribution is 2.20. The van der Waals surface area contributed by atoms with Crippen LogP contribution in [0.3, 0.4) is 0 Å². The molecule has 1 N–H and O–H groups in total. The normalized spacial score (nSPS) is 11.9. The molecule has 20 heavy (non-hydrogen) atoms. The third-order valence-corrected chi connectivity index (χ3v) is 3.25. The van der Waals surface area contributed by atoms with Gasteiger partial charge in [-0.2, -0.15) is 5.10 Å². The molecule has 0 bridgehead atoms. The number of aryl methyl sites for hydroxylation is 2. The lowest BCUT2D eigenvalue weighted by Crippen LogP contribution is -2.22. The molecule has 0 saturated heterocycles. The van der Waals surface area contributed by atoms with Crippen LogP contribution in [0.5, 0.6) is 0 Å². The molecule has 1 unspecified atom stereocenters.